The van der Waals surface area contributed by atoms with Gasteiger partial charge in [-0.3, -0.25) is 14.4 Å². The van der Waals surface area contributed by atoms with Gasteiger partial charge >= 0.3 is 0 Å². The number of rotatable bonds is 7. The number of ether oxygens (including phenoxy) is 1. The van der Waals surface area contributed by atoms with Crippen LogP contribution in [-0.2, 0) is 11.3 Å². The van der Waals surface area contributed by atoms with E-state index in [4.69, 9.17) is 4.74 Å². The second kappa shape index (κ2) is 8.42. The monoisotopic (exact) mass is 323 g/mol. The molecule has 7 nitrogen and oxygen atoms in total. The minimum absolute atomic E-state index is 0.0660. The molecule has 1 saturated heterocycles. The first-order valence-electron chi connectivity index (χ1n) is 8.30. The fraction of sp³-hybridized carbons (Fsp3) is 0.750. The number of nitrogens with one attached hydrogen (secondary N) is 1. The number of nitrogens with zero attached hydrogens (tertiary/aromatic N) is 4. The first-order valence-corrected chi connectivity index (χ1v) is 8.30. The van der Waals surface area contributed by atoms with Crippen molar-refractivity contribution < 1.29 is 9.53 Å². The first kappa shape index (κ1) is 17.9. The van der Waals surface area contributed by atoms with Crippen LogP contribution in [0.1, 0.15) is 23.1 Å². The summed E-state index contributed by atoms with van der Waals surface area (Å²) < 4.78 is 7.09. The number of hydrogen-bond acceptors (Lipinski definition) is 5. The van der Waals surface area contributed by atoms with E-state index in [-0.39, 0.29) is 5.91 Å². The summed E-state index contributed by atoms with van der Waals surface area (Å²) >= 11 is 0. The molecule has 23 heavy (non-hydrogen) atoms. The van der Waals surface area contributed by atoms with Crippen molar-refractivity contribution in [3.63, 3.8) is 0 Å². The Morgan fingerprint density at radius 2 is 2.22 bits per heavy atom. The molecule has 0 aliphatic carbocycles. The van der Waals surface area contributed by atoms with Crippen molar-refractivity contribution in [1.29, 1.82) is 0 Å². The predicted molar refractivity (Wildman–Crippen MR) is 89.7 cm³/mol. The molecule has 1 fully saturated rings. The van der Waals surface area contributed by atoms with Gasteiger partial charge < -0.3 is 15.0 Å². The van der Waals surface area contributed by atoms with Gasteiger partial charge in [-0.25, -0.2) is 0 Å². The third-order valence-corrected chi connectivity index (χ3v) is 4.26. The number of amides is 1. The molecular weight excluding hydrogens is 294 g/mol. The van der Waals surface area contributed by atoms with Crippen LogP contribution in [0.3, 0.4) is 0 Å². The van der Waals surface area contributed by atoms with Crippen molar-refractivity contribution in [3.8, 4) is 0 Å². The van der Waals surface area contributed by atoms with Crippen LogP contribution in [0, 0.1) is 6.92 Å². The third-order valence-electron chi connectivity index (χ3n) is 4.26. The smallest absolute Gasteiger partial charge is 0.269 e. The predicted octanol–water partition coefficient (Wildman–Crippen LogP) is 0.204. The SMILES string of the molecule is CCOCCn1nc(C)cc1C(=O)NCC1CN(C)CCN1C. The van der Waals surface area contributed by atoms with Gasteiger partial charge in [0.05, 0.1) is 18.8 Å². The molecule has 2 heterocycles. The fourth-order valence-electron chi connectivity index (χ4n) is 2.82. The zero-order chi connectivity index (χ0) is 16.8. The molecule has 0 spiro atoms. The van der Waals surface area contributed by atoms with Crippen LogP contribution < -0.4 is 5.32 Å². The van der Waals surface area contributed by atoms with E-state index in [2.05, 4.69) is 34.3 Å². The van der Waals surface area contributed by atoms with Gasteiger partial charge in [0.15, 0.2) is 0 Å². The first-order chi connectivity index (χ1) is 11.0. The van der Waals surface area contributed by atoms with Gasteiger partial charge in [-0.2, -0.15) is 5.10 Å². The van der Waals surface area contributed by atoms with Gasteiger partial charge in [-0.15, -0.1) is 0 Å². The largest absolute Gasteiger partial charge is 0.380 e. The average molecular weight is 323 g/mol. The molecule has 1 aliphatic heterocycles. The summed E-state index contributed by atoms with van der Waals surface area (Å²) in [7, 11) is 4.23. The van der Waals surface area contributed by atoms with Crippen molar-refractivity contribution in [1.82, 2.24) is 24.9 Å². The van der Waals surface area contributed by atoms with Crippen molar-refractivity contribution in [2.75, 3.05) is 53.5 Å². The van der Waals surface area contributed by atoms with Crippen LogP contribution in [0.25, 0.3) is 0 Å². The third kappa shape index (κ3) is 5.02. The zero-order valence-electron chi connectivity index (χ0n) is 14.7. The van der Waals surface area contributed by atoms with Crippen LogP contribution in [0.5, 0.6) is 0 Å². The Kier molecular flexibility index (Phi) is 6.56. The highest BCUT2D eigenvalue weighted by atomic mass is 16.5. The number of likely N-dealkylation sites (N-methyl/N-ethyl adjacent to an activating group) is 2. The zero-order valence-corrected chi connectivity index (χ0v) is 14.7. The number of aryl methyl sites for hydroxylation is 1. The molecule has 1 aromatic heterocycles. The van der Waals surface area contributed by atoms with Gasteiger partial charge in [0.25, 0.3) is 5.91 Å². The van der Waals surface area contributed by atoms with E-state index in [9.17, 15) is 4.79 Å². The van der Waals surface area contributed by atoms with Gasteiger partial charge in [-0.05, 0) is 34.0 Å². The molecule has 2 rings (SSSR count). The minimum atomic E-state index is -0.0660. The van der Waals surface area contributed by atoms with E-state index in [0.717, 1.165) is 25.3 Å². The lowest BCUT2D eigenvalue weighted by molar-refractivity contribution is 0.0866. The summed E-state index contributed by atoms with van der Waals surface area (Å²) in [6.45, 7) is 9.41. The van der Waals surface area contributed by atoms with Crippen molar-refractivity contribution in [2.24, 2.45) is 0 Å². The molecule has 0 saturated carbocycles. The molecule has 7 heteroatoms. The Morgan fingerprint density at radius 1 is 1.43 bits per heavy atom. The molecule has 0 radical (unpaired) electrons. The summed E-state index contributed by atoms with van der Waals surface area (Å²) in [5.41, 5.74) is 1.45. The summed E-state index contributed by atoms with van der Waals surface area (Å²) in [6.07, 6.45) is 0. The molecule has 1 unspecified atom stereocenters. The highest BCUT2D eigenvalue weighted by Crippen LogP contribution is 2.07. The summed E-state index contributed by atoms with van der Waals surface area (Å²) in [6, 6.07) is 2.18. The van der Waals surface area contributed by atoms with Gasteiger partial charge in [0, 0.05) is 38.8 Å². The highest BCUT2D eigenvalue weighted by Gasteiger charge is 2.23. The molecule has 1 N–H and O–H groups in total. The van der Waals surface area contributed by atoms with Crippen LogP contribution in [-0.4, -0.2) is 85.0 Å². The lowest BCUT2D eigenvalue weighted by Gasteiger charge is -2.37. The van der Waals surface area contributed by atoms with Crippen LogP contribution in [0.2, 0.25) is 0 Å². The molecule has 0 aromatic carbocycles. The number of carbonyl (C=O) groups is 1. The number of hydrogen-bond donors (Lipinski definition) is 1. The molecule has 1 atom stereocenters. The Hall–Kier alpha value is -1.44. The molecule has 1 aliphatic rings. The van der Waals surface area contributed by atoms with E-state index >= 15 is 0 Å². The second-order valence-corrected chi connectivity index (χ2v) is 6.20. The maximum Gasteiger partial charge on any atom is 0.269 e. The summed E-state index contributed by atoms with van der Waals surface area (Å²) in [5, 5.41) is 7.44. The summed E-state index contributed by atoms with van der Waals surface area (Å²) in [5.74, 6) is -0.0660. The molecule has 1 amide bonds. The molecular formula is C16H29N5O2. The maximum absolute atomic E-state index is 12.5. The average Bonchev–Trinajstić information content (AvgIpc) is 2.89. The normalized spacial score (nSPS) is 19.9. The Labute approximate surface area is 138 Å². The highest BCUT2D eigenvalue weighted by molar-refractivity contribution is 5.92. The Morgan fingerprint density at radius 3 is 2.96 bits per heavy atom. The Balaban J connectivity index is 1.92. The lowest BCUT2D eigenvalue weighted by atomic mass is 10.2. The van der Waals surface area contributed by atoms with E-state index < -0.39 is 0 Å². The second-order valence-electron chi connectivity index (χ2n) is 6.20. The fourth-order valence-corrected chi connectivity index (χ4v) is 2.82. The van der Waals surface area contributed by atoms with Gasteiger partial charge in [0.2, 0.25) is 0 Å². The molecule has 1 aromatic rings. The van der Waals surface area contributed by atoms with E-state index in [1.54, 1.807) is 4.68 Å². The Bertz CT molecular complexity index is 517. The van der Waals surface area contributed by atoms with Crippen molar-refractivity contribution >= 4 is 5.91 Å². The topological polar surface area (TPSA) is 62.6 Å². The lowest BCUT2D eigenvalue weighted by Crippen LogP contribution is -2.54. The van der Waals surface area contributed by atoms with E-state index in [1.165, 1.54) is 0 Å². The van der Waals surface area contributed by atoms with Crippen molar-refractivity contribution in [3.05, 3.63) is 17.5 Å². The van der Waals surface area contributed by atoms with Gasteiger partial charge in [-0.1, -0.05) is 0 Å². The quantitative estimate of drug-likeness (QED) is 0.727. The minimum Gasteiger partial charge on any atom is -0.380 e. The summed E-state index contributed by atoms with van der Waals surface area (Å²) in [4.78, 5) is 17.1. The number of piperazine rings is 1. The van der Waals surface area contributed by atoms with E-state index in [1.807, 2.05) is 19.9 Å². The number of carbonyl (C=O) groups excluding carboxylic acids is 1. The molecule has 0 bridgehead atoms. The van der Waals surface area contributed by atoms with E-state index in [0.29, 0.717) is 38.0 Å². The standard InChI is InChI=1S/C16H29N5O2/c1-5-23-9-8-21-15(10-13(2)18-21)16(22)17-11-14-12-19(3)6-7-20(14)4/h10,14H,5-9,11-12H2,1-4H3,(H,17,22). The van der Waals surface area contributed by atoms with Gasteiger partial charge in [0.1, 0.15) is 5.69 Å². The van der Waals surface area contributed by atoms with Crippen LogP contribution in [0.15, 0.2) is 6.07 Å². The number of aromatic nitrogens is 2. The maximum atomic E-state index is 12.5. The van der Waals surface area contributed by atoms with Crippen LogP contribution in [0.4, 0.5) is 0 Å². The molecule has 130 valence electrons. The van der Waals surface area contributed by atoms with Crippen molar-refractivity contribution in [2.45, 2.75) is 26.4 Å². The van der Waals surface area contributed by atoms with Crippen LogP contribution >= 0.6 is 0 Å².